The van der Waals surface area contributed by atoms with Crippen molar-refractivity contribution in [3.63, 3.8) is 0 Å². The molecular weight excluding hydrogens is 152 g/mol. The van der Waals surface area contributed by atoms with Crippen molar-refractivity contribution in [3.8, 4) is 5.75 Å². The molecule has 2 heteroatoms. The summed E-state index contributed by atoms with van der Waals surface area (Å²) in [7, 11) is 0. The summed E-state index contributed by atoms with van der Waals surface area (Å²) in [6.07, 6.45) is 0.762. The summed E-state index contributed by atoms with van der Waals surface area (Å²) in [6, 6.07) is 7.03. The molecular formula is C10H10O2. The van der Waals surface area contributed by atoms with Gasteiger partial charge in [0.2, 0.25) is 0 Å². The molecule has 0 amide bonds. The molecule has 0 unspecified atom stereocenters. The van der Waals surface area contributed by atoms with Crippen molar-refractivity contribution in [1.82, 2.24) is 0 Å². The van der Waals surface area contributed by atoms with E-state index in [1.54, 1.807) is 25.1 Å². The van der Waals surface area contributed by atoms with Crippen molar-refractivity contribution in [3.05, 3.63) is 42.2 Å². The third-order valence-corrected chi connectivity index (χ3v) is 1.33. The van der Waals surface area contributed by atoms with Crippen LogP contribution in [0.4, 0.5) is 0 Å². The lowest BCUT2D eigenvalue weighted by molar-refractivity contribution is 0.112. The van der Waals surface area contributed by atoms with E-state index in [2.05, 4.69) is 6.58 Å². The highest BCUT2D eigenvalue weighted by atomic mass is 16.5. The van der Waals surface area contributed by atoms with E-state index in [0.717, 1.165) is 6.29 Å². The molecule has 0 fully saturated rings. The van der Waals surface area contributed by atoms with Gasteiger partial charge in [-0.05, 0) is 19.1 Å². The molecule has 0 aliphatic heterocycles. The summed E-state index contributed by atoms with van der Waals surface area (Å²) >= 11 is 0. The summed E-state index contributed by atoms with van der Waals surface area (Å²) in [5.74, 6) is 1.13. The van der Waals surface area contributed by atoms with E-state index in [0.29, 0.717) is 17.1 Å². The lowest BCUT2D eigenvalue weighted by atomic mass is 10.2. The minimum atomic E-state index is 0.542. The Kier molecular flexibility index (Phi) is 2.64. The maximum Gasteiger partial charge on any atom is 0.153 e. The zero-order chi connectivity index (χ0) is 8.97. The first-order valence-electron chi connectivity index (χ1n) is 3.61. The Balaban J connectivity index is 2.96. The highest BCUT2D eigenvalue weighted by Crippen LogP contribution is 2.17. The summed E-state index contributed by atoms with van der Waals surface area (Å²) in [5.41, 5.74) is 0.542. The average molecular weight is 162 g/mol. The fourth-order valence-electron chi connectivity index (χ4n) is 0.859. The Morgan fingerprint density at radius 3 is 2.75 bits per heavy atom. The van der Waals surface area contributed by atoms with Gasteiger partial charge in [-0.2, -0.15) is 0 Å². The fourth-order valence-corrected chi connectivity index (χ4v) is 0.859. The van der Waals surface area contributed by atoms with Crippen LogP contribution in [0.3, 0.4) is 0 Å². The van der Waals surface area contributed by atoms with E-state index in [9.17, 15) is 4.79 Å². The second kappa shape index (κ2) is 3.72. The van der Waals surface area contributed by atoms with Crippen LogP contribution in [-0.4, -0.2) is 6.29 Å². The zero-order valence-corrected chi connectivity index (χ0v) is 6.91. The SMILES string of the molecule is C=C(C)Oc1ccccc1C=O. The van der Waals surface area contributed by atoms with Gasteiger partial charge in [0.15, 0.2) is 6.29 Å². The summed E-state index contributed by atoms with van der Waals surface area (Å²) < 4.78 is 5.21. The zero-order valence-electron chi connectivity index (χ0n) is 6.91. The van der Waals surface area contributed by atoms with Gasteiger partial charge in [0.05, 0.1) is 11.3 Å². The smallest absolute Gasteiger partial charge is 0.153 e. The first-order chi connectivity index (χ1) is 5.74. The van der Waals surface area contributed by atoms with Crippen molar-refractivity contribution < 1.29 is 9.53 Å². The van der Waals surface area contributed by atoms with Gasteiger partial charge in [0, 0.05) is 0 Å². The largest absolute Gasteiger partial charge is 0.462 e. The lowest BCUT2D eigenvalue weighted by Crippen LogP contribution is -1.92. The number of para-hydroxylation sites is 1. The van der Waals surface area contributed by atoms with E-state index in [-0.39, 0.29) is 0 Å². The first kappa shape index (κ1) is 8.53. The molecule has 0 saturated heterocycles. The number of hydrogen-bond donors (Lipinski definition) is 0. The Hall–Kier alpha value is -1.57. The van der Waals surface area contributed by atoms with Crippen LogP contribution in [0.5, 0.6) is 5.75 Å². The molecule has 12 heavy (non-hydrogen) atoms. The number of hydrogen-bond acceptors (Lipinski definition) is 2. The molecule has 0 heterocycles. The molecule has 1 rings (SSSR count). The Morgan fingerprint density at radius 1 is 1.50 bits per heavy atom. The van der Waals surface area contributed by atoms with Crippen molar-refractivity contribution in [2.75, 3.05) is 0 Å². The Morgan fingerprint density at radius 2 is 2.17 bits per heavy atom. The predicted molar refractivity (Wildman–Crippen MR) is 47.3 cm³/mol. The van der Waals surface area contributed by atoms with Gasteiger partial charge >= 0.3 is 0 Å². The number of carbonyl (C=O) groups is 1. The second-order valence-electron chi connectivity index (χ2n) is 2.46. The van der Waals surface area contributed by atoms with Gasteiger partial charge in [0.25, 0.3) is 0 Å². The first-order valence-corrected chi connectivity index (χ1v) is 3.61. The Labute approximate surface area is 71.5 Å². The predicted octanol–water partition coefficient (Wildman–Crippen LogP) is 2.41. The molecule has 0 bridgehead atoms. The van der Waals surface area contributed by atoms with E-state index in [1.807, 2.05) is 6.07 Å². The monoisotopic (exact) mass is 162 g/mol. The van der Waals surface area contributed by atoms with Crippen molar-refractivity contribution in [2.45, 2.75) is 6.92 Å². The van der Waals surface area contributed by atoms with Gasteiger partial charge in [0.1, 0.15) is 5.75 Å². The molecule has 0 radical (unpaired) electrons. The molecule has 0 atom stereocenters. The van der Waals surface area contributed by atoms with Crippen LogP contribution in [0.15, 0.2) is 36.6 Å². The molecule has 0 N–H and O–H groups in total. The normalized spacial score (nSPS) is 9.08. The molecule has 0 aromatic heterocycles. The number of ether oxygens (including phenoxy) is 1. The second-order valence-corrected chi connectivity index (χ2v) is 2.46. The van der Waals surface area contributed by atoms with Crippen molar-refractivity contribution in [2.24, 2.45) is 0 Å². The van der Waals surface area contributed by atoms with Crippen molar-refractivity contribution >= 4 is 6.29 Å². The maximum atomic E-state index is 10.5. The third kappa shape index (κ3) is 1.95. The molecule has 62 valence electrons. The Bertz CT molecular complexity index is 302. The number of aldehydes is 1. The van der Waals surface area contributed by atoms with Crippen molar-refractivity contribution in [1.29, 1.82) is 0 Å². The third-order valence-electron chi connectivity index (χ3n) is 1.33. The van der Waals surface area contributed by atoms with Crippen LogP contribution in [-0.2, 0) is 0 Å². The van der Waals surface area contributed by atoms with Gasteiger partial charge in [-0.25, -0.2) is 0 Å². The van der Waals surface area contributed by atoms with Crippen LogP contribution >= 0.6 is 0 Å². The number of benzene rings is 1. The van der Waals surface area contributed by atoms with Crippen LogP contribution in [0, 0.1) is 0 Å². The fraction of sp³-hybridized carbons (Fsp3) is 0.100. The molecule has 1 aromatic rings. The number of allylic oxidation sites excluding steroid dienone is 1. The summed E-state index contributed by atoms with van der Waals surface area (Å²) in [5, 5.41) is 0. The van der Waals surface area contributed by atoms with Crippen LogP contribution < -0.4 is 4.74 Å². The molecule has 1 aromatic carbocycles. The lowest BCUT2D eigenvalue weighted by Gasteiger charge is -2.05. The van der Waals surface area contributed by atoms with Gasteiger partial charge in [-0.3, -0.25) is 4.79 Å². The quantitative estimate of drug-likeness (QED) is 0.504. The maximum absolute atomic E-state index is 10.5. The molecule has 0 saturated carbocycles. The van der Waals surface area contributed by atoms with E-state index < -0.39 is 0 Å². The molecule has 0 aliphatic rings. The number of rotatable bonds is 3. The molecule has 2 nitrogen and oxygen atoms in total. The minimum Gasteiger partial charge on any atom is -0.462 e. The number of carbonyl (C=O) groups excluding carboxylic acids is 1. The van der Waals surface area contributed by atoms with E-state index in [1.165, 1.54) is 0 Å². The average Bonchev–Trinajstić information content (AvgIpc) is 2.04. The van der Waals surface area contributed by atoms with Crippen LogP contribution in [0.1, 0.15) is 17.3 Å². The van der Waals surface area contributed by atoms with Crippen LogP contribution in [0.2, 0.25) is 0 Å². The van der Waals surface area contributed by atoms with Gasteiger partial charge in [-0.15, -0.1) is 0 Å². The highest BCUT2D eigenvalue weighted by Gasteiger charge is 2.00. The highest BCUT2D eigenvalue weighted by molar-refractivity contribution is 5.79. The van der Waals surface area contributed by atoms with E-state index in [4.69, 9.17) is 4.74 Å². The van der Waals surface area contributed by atoms with Gasteiger partial charge in [-0.1, -0.05) is 18.7 Å². The summed E-state index contributed by atoms with van der Waals surface area (Å²) in [6.45, 7) is 5.33. The van der Waals surface area contributed by atoms with Gasteiger partial charge < -0.3 is 4.74 Å². The van der Waals surface area contributed by atoms with E-state index >= 15 is 0 Å². The minimum absolute atomic E-state index is 0.542. The molecule has 0 aliphatic carbocycles. The topological polar surface area (TPSA) is 26.3 Å². The standard InChI is InChI=1S/C10H10O2/c1-8(2)12-10-6-4-3-5-9(10)7-11/h3-7H,1H2,2H3. The van der Waals surface area contributed by atoms with Crippen LogP contribution in [0.25, 0.3) is 0 Å². The summed E-state index contributed by atoms with van der Waals surface area (Å²) in [4.78, 5) is 10.5. The molecule has 0 spiro atoms.